The van der Waals surface area contributed by atoms with E-state index < -0.39 is 0 Å². The van der Waals surface area contributed by atoms with Crippen molar-refractivity contribution in [3.05, 3.63) is 63.7 Å². The number of benzene rings is 1. The van der Waals surface area contributed by atoms with Crippen molar-refractivity contribution >= 4 is 17.3 Å². The quantitative estimate of drug-likeness (QED) is 0.798. The highest BCUT2D eigenvalue weighted by Gasteiger charge is 2.12. The van der Waals surface area contributed by atoms with Gasteiger partial charge in [-0.2, -0.15) is 10.2 Å². The number of nitrogens with zero attached hydrogens (tertiary/aromatic N) is 4. The van der Waals surface area contributed by atoms with E-state index in [-0.39, 0.29) is 10.6 Å². The molecule has 0 saturated heterocycles. The molecule has 7 heteroatoms. The van der Waals surface area contributed by atoms with Gasteiger partial charge < -0.3 is 5.32 Å². The summed E-state index contributed by atoms with van der Waals surface area (Å²) in [6, 6.07) is 9.94. The molecule has 0 bridgehead atoms. The average Bonchev–Trinajstić information content (AvgIpc) is 2.94. The minimum atomic E-state index is -0.328. The van der Waals surface area contributed by atoms with Crippen molar-refractivity contribution in [3.8, 4) is 11.3 Å². The first-order valence-electron chi connectivity index (χ1n) is 7.10. The second-order valence-electron chi connectivity index (χ2n) is 5.20. The van der Waals surface area contributed by atoms with Crippen molar-refractivity contribution in [2.24, 2.45) is 14.1 Å². The second-order valence-corrected chi connectivity index (χ2v) is 5.58. The molecule has 0 aliphatic heterocycles. The third kappa shape index (κ3) is 3.12. The lowest BCUT2D eigenvalue weighted by molar-refractivity contribution is 0.708. The summed E-state index contributed by atoms with van der Waals surface area (Å²) in [6.07, 6.45) is 3.49. The first-order chi connectivity index (χ1) is 11.1. The number of aromatic nitrogens is 4. The summed E-state index contributed by atoms with van der Waals surface area (Å²) < 4.78 is 2.97. The molecule has 0 spiro atoms. The number of halogens is 1. The van der Waals surface area contributed by atoms with Gasteiger partial charge in [0, 0.05) is 38.0 Å². The molecule has 0 radical (unpaired) electrons. The molecule has 1 aromatic carbocycles. The second kappa shape index (κ2) is 6.26. The van der Waals surface area contributed by atoms with E-state index in [0.29, 0.717) is 12.2 Å². The lowest BCUT2D eigenvalue weighted by Gasteiger charge is -2.08. The molecular formula is C16H16ClN5O. The van der Waals surface area contributed by atoms with Crippen LogP contribution >= 0.6 is 11.6 Å². The normalized spacial score (nSPS) is 10.7. The van der Waals surface area contributed by atoms with Gasteiger partial charge in [-0.3, -0.25) is 9.48 Å². The molecule has 23 heavy (non-hydrogen) atoms. The topological polar surface area (TPSA) is 64.7 Å². The Morgan fingerprint density at radius 3 is 2.70 bits per heavy atom. The monoisotopic (exact) mass is 329 g/mol. The Hall–Kier alpha value is -2.60. The van der Waals surface area contributed by atoms with E-state index in [1.54, 1.807) is 17.9 Å². The van der Waals surface area contributed by atoms with E-state index in [1.165, 1.54) is 4.68 Å². The number of anilines is 1. The van der Waals surface area contributed by atoms with Crippen molar-refractivity contribution in [1.82, 2.24) is 19.6 Å². The largest absolute Gasteiger partial charge is 0.378 e. The zero-order valence-corrected chi connectivity index (χ0v) is 13.6. The van der Waals surface area contributed by atoms with Crippen LogP contribution in [0.2, 0.25) is 5.02 Å². The molecule has 118 valence electrons. The molecule has 0 fully saturated rings. The van der Waals surface area contributed by atoms with Gasteiger partial charge in [0.15, 0.2) is 0 Å². The van der Waals surface area contributed by atoms with Gasteiger partial charge in [-0.05, 0) is 0 Å². The number of hydrogen-bond acceptors (Lipinski definition) is 4. The van der Waals surface area contributed by atoms with E-state index >= 15 is 0 Å². The molecule has 3 rings (SSSR count). The van der Waals surface area contributed by atoms with Gasteiger partial charge in [-0.15, -0.1) is 0 Å². The smallest absolute Gasteiger partial charge is 0.287 e. The summed E-state index contributed by atoms with van der Waals surface area (Å²) in [7, 11) is 3.44. The Bertz CT molecular complexity index is 885. The lowest BCUT2D eigenvalue weighted by atomic mass is 10.1. The maximum absolute atomic E-state index is 11.8. The van der Waals surface area contributed by atoms with Crippen LogP contribution in [0.25, 0.3) is 11.3 Å². The molecule has 2 aromatic heterocycles. The molecule has 3 aromatic rings. The Kier molecular flexibility index (Phi) is 4.16. The van der Waals surface area contributed by atoms with Gasteiger partial charge in [0.1, 0.15) is 5.02 Å². The average molecular weight is 330 g/mol. The minimum Gasteiger partial charge on any atom is -0.378 e. The summed E-state index contributed by atoms with van der Waals surface area (Å²) in [5.41, 5.74) is 3.13. The first kappa shape index (κ1) is 15.3. The summed E-state index contributed by atoms with van der Waals surface area (Å²) >= 11 is 6.07. The zero-order chi connectivity index (χ0) is 16.4. The van der Waals surface area contributed by atoms with Gasteiger partial charge in [0.2, 0.25) is 0 Å². The highest BCUT2D eigenvalue weighted by molar-refractivity contribution is 6.32. The van der Waals surface area contributed by atoms with Crippen LogP contribution in [-0.4, -0.2) is 19.6 Å². The molecule has 0 aliphatic rings. The predicted octanol–water partition coefficient (Wildman–Crippen LogP) is 2.45. The van der Waals surface area contributed by atoms with Crippen molar-refractivity contribution < 1.29 is 0 Å². The maximum atomic E-state index is 11.8. The van der Waals surface area contributed by atoms with Crippen molar-refractivity contribution in [2.75, 3.05) is 5.32 Å². The predicted molar refractivity (Wildman–Crippen MR) is 90.5 cm³/mol. The van der Waals surface area contributed by atoms with Crippen LogP contribution in [0.5, 0.6) is 0 Å². The van der Waals surface area contributed by atoms with Crippen LogP contribution in [-0.2, 0) is 20.6 Å². The molecular weight excluding hydrogens is 314 g/mol. The number of rotatable bonds is 4. The standard InChI is InChI=1S/C16H16ClN5O/c1-21-10-12(15(20-21)11-6-4-3-5-7-11)8-18-13-9-19-22(2)16(23)14(13)17/h3-7,9-10,18H,8H2,1-2H3. The van der Waals surface area contributed by atoms with Crippen molar-refractivity contribution in [2.45, 2.75) is 6.54 Å². The number of nitrogens with one attached hydrogen (secondary N) is 1. The van der Waals surface area contributed by atoms with Crippen molar-refractivity contribution in [3.63, 3.8) is 0 Å². The van der Waals surface area contributed by atoms with Crippen LogP contribution in [0.3, 0.4) is 0 Å². The van der Waals surface area contributed by atoms with Gasteiger partial charge in [-0.25, -0.2) is 4.68 Å². The highest BCUT2D eigenvalue weighted by atomic mass is 35.5. The third-order valence-electron chi connectivity index (χ3n) is 3.50. The van der Waals surface area contributed by atoms with E-state index in [0.717, 1.165) is 16.8 Å². The molecule has 0 unspecified atom stereocenters. The molecule has 0 aliphatic carbocycles. The first-order valence-corrected chi connectivity index (χ1v) is 7.47. The summed E-state index contributed by atoms with van der Waals surface area (Å²) in [6.45, 7) is 0.493. The Balaban J connectivity index is 1.88. The fourth-order valence-corrected chi connectivity index (χ4v) is 2.57. The lowest BCUT2D eigenvalue weighted by Crippen LogP contribution is -2.21. The zero-order valence-electron chi connectivity index (χ0n) is 12.8. The molecule has 2 heterocycles. The van der Waals surface area contributed by atoms with Gasteiger partial charge in [0.25, 0.3) is 5.56 Å². The van der Waals surface area contributed by atoms with E-state index in [1.807, 2.05) is 43.6 Å². The van der Waals surface area contributed by atoms with Crippen LogP contribution in [0.1, 0.15) is 5.56 Å². The van der Waals surface area contributed by atoms with Crippen molar-refractivity contribution in [1.29, 1.82) is 0 Å². The Morgan fingerprint density at radius 2 is 1.96 bits per heavy atom. The molecule has 0 saturated carbocycles. The number of hydrogen-bond donors (Lipinski definition) is 1. The van der Waals surface area contributed by atoms with Crippen LogP contribution in [0, 0.1) is 0 Å². The van der Waals surface area contributed by atoms with Gasteiger partial charge in [0.05, 0.1) is 17.6 Å². The van der Waals surface area contributed by atoms with Gasteiger partial charge >= 0.3 is 0 Å². The Labute approximate surface area is 138 Å². The summed E-state index contributed by atoms with van der Waals surface area (Å²) in [5, 5.41) is 11.8. The SMILES string of the molecule is Cn1cc(CNc2cnn(C)c(=O)c2Cl)c(-c2ccccc2)n1. The Morgan fingerprint density at radius 1 is 1.22 bits per heavy atom. The molecule has 0 atom stereocenters. The maximum Gasteiger partial charge on any atom is 0.287 e. The number of aryl methyl sites for hydroxylation is 2. The molecule has 0 amide bonds. The summed E-state index contributed by atoms with van der Waals surface area (Å²) in [4.78, 5) is 11.8. The fraction of sp³-hybridized carbons (Fsp3) is 0.188. The van der Waals surface area contributed by atoms with E-state index in [2.05, 4.69) is 15.5 Å². The summed E-state index contributed by atoms with van der Waals surface area (Å²) in [5.74, 6) is 0. The van der Waals surface area contributed by atoms with Gasteiger partial charge in [-0.1, -0.05) is 41.9 Å². The fourth-order valence-electron chi connectivity index (χ4n) is 2.33. The highest BCUT2D eigenvalue weighted by Crippen LogP contribution is 2.23. The third-order valence-corrected chi connectivity index (χ3v) is 3.86. The van der Waals surface area contributed by atoms with E-state index in [4.69, 9.17) is 11.6 Å². The van der Waals surface area contributed by atoms with Crippen LogP contribution < -0.4 is 10.9 Å². The van der Waals surface area contributed by atoms with Crippen LogP contribution in [0.4, 0.5) is 5.69 Å². The molecule has 1 N–H and O–H groups in total. The minimum absolute atomic E-state index is 0.132. The van der Waals surface area contributed by atoms with Crippen LogP contribution in [0.15, 0.2) is 47.5 Å². The van der Waals surface area contributed by atoms with E-state index in [9.17, 15) is 4.79 Å². The molecule has 6 nitrogen and oxygen atoms in total.